The van der Waals surface area contributed by atoms with Crippen LogP contribution in [0.5, 0.6) is 11.5 Å². The molecule has 1 aromatic rings. The van der Waals surface area contributed by atoms with Crippen molar-refractivity contribution < 1.29 is 9.47 Å². The molecule has 3 nitrogen and oxygen atoms in total. The van der Waals surface area contributed by atoms with Gasteiger partial charge in [0.15, 0.2) is 11.5 Å². The van der Waals surface area contributed by atoms with E-state index in [9.17, 15) is 0 Å². The van der Waals surface area contributed by atoms with Crippen molar-refractivity contribution in [3.05, 3.63) is 34.9 Å². The van der Waals surface area contributed by atoms with Crippen molar-refractivity contribution in [1.29, 1.82) is 0 Å². The number of ether oxygens (including phenoxy) is 2. The summed E-state index contributed by atoms with van der Waals surface area (Å²) in [5, 5.41) is 3.46. The van der Waals surface area contributed by atoms with Crippen LogP contribution in [0.1, 0.15) is 40.2 Å². The number of hydrogen-bond acceptors (Lipinski definition) is 3. The minimum Gasteiger partial charge on any atom is -0.490 e. The van der Waals surface area contributed by atoms with Gasteiger partial charge in [-0.3, -0.25) is 0 Å². The van der Waals surface area contributed by atoms with Crippen molar-refractivity contribution in [2.75, 3.05) is 13.2 Å². The number of hydrogen-bond donors (Lipinski definition) is 1. The average Bonchev–Trinajstić information content (AvgIpc) is 2.43. The first-order chi connectivity index (χ1) is 9.85. The molecule has 0 radical (unpaired) electrons. The standard InChI is InChI=1S/C17H26ClNO2/c1-6-20-16-9-14(11-19-17(3,4)5)7-8-15(16)21-12-13(2)10-18/h7-10,19H,6,11-12H2,1-5H3/b13-10+. The Morgan fingerprint density at radius 3 is 2.52 bits per heavy atom. The fourth-order valence-electron chi connectivity index (χ4n) is 1.64. The van der Waals surface area contributed by atoms with E-state index < -0.39 is 0 Å². The van der Waals surface area contributed by atoms with Gasteiger partial charge in [0.1, 0.15) is 6.61 Å². The summed E-state index contributed by atoms with van der Waals surface area (Å²) in [7, 11) is 0. The van der Waals surface area contributed by atoms with Crippen molar-refractivity contribution in [2.45, 2.75) is 46.7 Å². The molecule has 0 aliphatic rings. The third-order valence-electron chi connectivity index (χ3n) is 2.77. The Morgan fingerprint density at radius 1 is 1.24 bits per heavy atom. The third-order valence-corrected chi connectivity index (χ3v) is 3.14. The predicted molar refractivity (Wildman–Crippen MR) is 89.3 cm³/mol. The van der Waals surface area contributed by atoms with Gasteiger partial charge in [0.2, 0.25) is 0 Å². The number of nitrogens with one attached hydrogen (secondary N) is 1. The van der Waals surface area contributed by atoms with E-state index in [4.69, 9.17) is 21.1 Å². The van der Waals surface area contributed by atoms with Crippen molar-refractivity contribution in [1.82, 2.24) is 5.32 Å². The fraction of sp³-hybridized carbons (Fsp3) is 0.529. The molecular weight excluding hydrogens is 286 g/mol. The topological polar surface area (TPSA) is 30.5 Å². The van der Waals surface area contributed by atoms with Crippen molar-refractivity contribution in [3.63, 3.8) is 0 Å². The summed E-state index contributed by atoms with van der Waals surface area (Å²) in [6, 6.07) is 6.03. The number of halogens is 1. The molecule has 1 N–H and O–H groups in total. The highest BCUT2D eigenvalue weighted by atomic mass is 35.5. The van der Waals surface area contributed by atoms with E-state index in [0.717, 1.165) is 23.6 Å². The van der Waals surface area contributed by atoms with Crippen LogP contribution >= 0.6 is 11.6 Å². The molecule has 0 unspecified atom stereocenters. The van der Waals surface area contributed by atoms with E-state index in [0.29, 0.717) is 13.2 Å². The summed E-state index contributed by atoms with van der Waals surface area (Å²) in [4.78, 5) is 0. The van der Waals surface area contributed by atoms with Gasteiger partial charge in [0, 0.05) is 17.6 Å². The Morgan fingerprint density at radius 2 is 1.95 bits per heavy atom. The Labute approximate surface area is 133 Å². The van der Waals surface area contributed by atoms with Crippen molar-refractivity contribution in [3.8, 4) is 11.5 Å². The van der Waals surface area contributed by atoms with Gasteiger partial charge in [0.25, 0.3) is 0 Å². The summed E-state index contributed by atoms with van der Waals surface area (Å²) in [5.41, 5.74) is 3.76. The van der Waals surface area contributed by atoms with Crippen LogP contribution in [0.4, 0.5) is 0 Å². The first kappa shape index (κ1) is 17.9. The molecule has 1 aromatic carbocycles. The molecule has 0 amide bonds. The predicted octanol–water partition coefficient (Wildman–Crippen LogP) is 4.49. The maximum Gasteiger partial charge on any atom is 0.161 e. The molecule has 0 aliphatic heterocycles. The first-order valence-electron chi connectivity index (χ1n) is 7.25. The largest absolute Gasteiger partial charge is 0.490 e. The quantitative estimate of drug-likeness (QED) is 0.804. The summed E-state index contributed by atoms with van der Waals surface area (Å²) in [6.45, 7) is 12.2. The SMILES string of the molecule is CCOc1cc(CNC(C)(C)C)ccc1OC/C(C)=C/Cl. The van der Waals surface area contributed by atoms with Gasteiger partial charge in [-0.05, 0) is 57.9 Å². The fourth-order valence-corrected chi connectivity index (χ4v) is 1.70. The van der Waals surface area contributed by atoms with Gasteiger partial charge >= 0.3 is 0 Å². The van der Waals surface area contributed by atoms with Crippen LogP contribution in [0.2, 0.25) is 0 Å². The minimum absolute atomic E-state index is 0.0865. The number of benzene rings is 1. The molecule has 0 heterocycles. The zero-order valence-corrected chi connectivity index (χ0v) is 14.4. The zero-order valence-electron chi connectivity index (χ0n) is 13.6. The minimum atomic E-state index is 0.0865. The second-order valence-electron chi connectivity index (χ2n) is 6.06. The maximum atomic E-state index is 5.74. The van der Waals surface area contributed by atoms with Crippen molar-refractivity contribution >= 4 is 11.6 Å². The Balaban J connectivity index is 2.80. The van der Waals surface area contributed by atoms with Crippen LogP contribution in [0, 0.1) is 0 Å². The highest BCUT2D eigenvalue weighted by Gasteiger charge is 2.11. The first-order valence-corrected chi connectivity index (χ1v) is 7.68. The summed E-state index contributed by atoms with van der Waals surface area (Å²) < 4.78 is 11.4. The highest BCUT2D eigenvalue weighted by molar-refractivity contribution is 6.25. The van der Waals surface area contributed by atoms with Crippen molar-refractivity contribution in [2.24, 2.45) is 0 Å². The zero-order chi connectivity index (χ0) is 15.9. The average molecular weight is 312 g/mol. The maximum absolute atomic E-state index is 5.74. The lowest BCUT2D eigenvalue weighted by molar-refractivity contribution is 0.292. The van der Waals surface area contributed by atoms with Gasteiger partial charge in [0.05, 0.1) is 6.61 Å². The smallest absolute Gasteiger partial charge is 0.161 e. The van der Waals surface area contributed by atoms with Crippen LogP contribution in [-0.2, 0) is 6.54 Å². The van der Waals surface area contributed by atoms with Gasteiger partial charge in [-0.1, -0.05) is 17.7 Å². The molecule has 0 atom stereocenters. The van der Waals surface area contributed by atoms with Crippen LogP contribution in [0.3, 0.4) is 0 Å². The summed E-state index contributed by atoms with van der Waals surface area (Å²) in [5.74, 6) is 1.52. The van der Waals surface area contributed by atoms with E-state index in [2.05, 4.69) is 32.2 Å². The van der Waals surface area contributed by atoms with E-state index in [1.165, 1.54) is 11.1 Å². The van der Waals surface area contributed by atoms with E-state index >= 15 is 0 Å². The lowest BCUT2D eigenvalue weighted by Crippen LogP contribution is -2.35. The monoisotopic (exact) mass is 311 g/mol. The Kier molecular flexibility index (Phi) is 7.06. The van der Waals surface area contributed by atoms with Crippen LogP contribution < -0.4 is 14.8 Å². The molecular formula is C17H26ClNO2. The van der Waals surface area contributed by atoms with Gasteiger partial charge in [-0.25, -0.2) is 0 Å². The molecule has 4 heteroatoms. The molecule has 1 rings (SSSR count). The molecule has 0 fully saturated rings. The molecule has 0 spiro atoms. The van der Waals surface area contributed by atoms with Crippen LogP contribution in [-0.4, -0.2) is 18.8 Å². The van der Waals surface area contributed by atoms with E-state index in [1.54, 1.807) is 0 Å². The molecule has 0 aliphatic carbocycles. The molecule has 0 saturated carbocycles. The second kappa shape index (κ2) is 8.30. The second-order valence-corrected chi connectivity index (χ2v) is 6.28. The van der Waals surface area contributed by atoms with E-state index in [-0.39, 0.29) is 5.54 Å². The Bertz CT molecular complexity index is 478. The Hall–Kier alpha value is -1.19. The summed E-state index contributed by atoms with van der Waals surface area (Å²) >= 11 is 5.65. The summed E-state index contributed by atoms with van der Waals surface area (Å²) in [6.07, 6.45) is 0. The van der Waals surface area contributed by atoms with Gasteiger partial charge < -0.3 is 14.8 Å². The van der Waals surface area contributed by atoms with Gasteiger partial charge in [-0.15, -0.1) is 0 Å². The number of rotatable bonds is 7. The normalized spacial score (nSPS) is 12.4. The van der Waals surface area contributed by atoms with Crippen LogP contribution in [0.15, 0.2) is 29.3 Å². The molecule has 0 aromatic heterocycles. The van der Waals surface area contributed by atoms with Gasteiger partial charge in [-0.2, -0.15) is 0 Å². The lowest BCUT2D eigenvalue weighted by atomic mass is 10.1. The third kappa shape index (κ3) is 6.87. The molecule has 0 bridgehead atoms. The highest BCUT2D eigenvalue weighted by Crippen LogP contribution is 2.29. The molecule has 118 valence electrons. The molecule has 0 saturated heterocycles. The van der Waals surface area contributed by atoms with Crippen LogP contribution in [0.25, 0.3) is 0 Å². The lowest BCUT2D eigenvalue weighted by Gasteiger charge is -2.21. The molecule has 21 heavy (non-hydrogen) atoms. The van der Waals surface area contributed by atoms with E-state index in [1.807, 2.05) is 26.0 Å².